The van der Waals surface area contributed by atoms with Gasteiger partial charge in [0.05, 0.1) is 11.5 Å². The average Bonchev–Trinajstić information content (AvgIpc) is 3.17. The first-order chi connectivity index (χ1) is 13.8. The molecule has 0 spiro atoms. The number of thioether (sulfide) groups is 1. The molecule has 0 bridgehead atoms. The van der Waals surface area contributed by atoms with Crippen LogP contribution in [0.1, 0.15) is 40.9 Å². The zero-order valence-electron chi connectivity index (χ0n) is 15.9. The molecule has 1 atom stereocenters. The largest absolute Gasteiger partial charge is 0.468 e. The van der Waals surface area contributed by atoms with Crippen molar-refractivity contribution in [2.24, 2.45) is 0 Å². The van der Waals surface area contributed by atoms with Crippen molar-refractivity contribution in [2.45, 2.75) is 24.0 Å². The molecule has 1 aliphatic heterocycles. The second-order valence-corrected chi connectivity index (χ2v) is 8.43. The number of benzene rings is 2. The van der Waals surface area contributed by atoms with Crippen molar-refractivity contribution in [3.05, 3.63) is 95.9 Å². The Balaban J connectivity index is 1.47. The minimum atomic E-state index is 0.0895. The molecule has 1 aromatic heterocycles. The maximum Gasteiger partial charge on any atom is 0.223 e. The molecule has 0 radical (unpaired) electrons. The van der Waals surface area contributed by atoms with Gasteiger partial charge >= 0.3 is 0 Å². The minimum absolute atomic E-state index is 0.0895. The zero-order valence-corrected chi connectivity index (χ0v) is 16.7. The zero-order chi connectivity index (χ0) is 19.2. The Bertz CT molecular complexity index is 825. The van der Waals surface area contributed by atoms with E-state index in [9.17, 15) is 4.79 Å². The van der Waals surface area contributed by atoms with Gasteiger partial charge in [0.1, 0.15) is 5.76 Å². The van der Waals surface area contributed by atoms with Crippen LogP contribution in [-0.4, -0.2) is 29.6 Å². The van der Waals surface area contributed by atoms with Crippen LogP contribution in [0.5, 0.6) is 0 Å². The fraction of sp³-hybridized carbons (Fsp3) is 0.292. The van der Waals surface area contributed by atoms with Crippen LogP contribution >= 0.6 is 11.8 Å². The highest BCUT2D eigenvalue weighted by atomic mass is 32.2. The molecule has 2 heterocycles. The molecular formula is C24H25NO2S. The van der Waals surface area contributed by atoms with Crippen LogP contribution in [0.3, 0.4) is 0 Å². The standard InChI is InChI=1S/C24H25NO2S/c26-24(25-14-13-23(28-17-15-25)22-12-7-16-27-22)18-21(19-8-3-1-4-9-19)20-10-5-2-6-11-20/h1-12,16,21,23H,13-15,17-18H2/t23-/m0/s1. The quantitative estimate of drug-likeness (QED) is 0.575. The van der Waals surface area contributed by atoms with Gasteiger partial charge in [-0.25, -0.2) is 0 Å². The molecule has 0 N–H and O–H groups in total. The lowest BCUT2D eigenvalue weighted by Gasteiger charge is -2.24. The van der Waals surface area contributed by atoms with E-state index in [1.165, 1.54) is 11.1 Å². The van der Waals surface area contributed by atoms with Crippen molar-refractivity contribution in [3.63, 3.8) is 0 Å². The van der Waals surface area contributed by atoms with Crippen LogP contribution in [0.15, 0.2) is 83.5 Å². The van der Waals surface area contributed by atoms with Gasteiger partial charge < -0.3 is 9.32 Å². The van der Waals surface area contributed by atoms with E-state index >= 15 is 0 Å². The lowest BCUT2D eigenvalue weighted by molar-refractivity contribution is -0.131. The Morgan fingerprint density at radius 1 is 0.964 bits per heavy atom. The minimum Gasteiger partial charge on any atom is -0.468 e. The SMILES string of the molecule is O=C(CC(c1ccccc1)c1ccccc1)N1CCS[C@H](c2ccco2)CC1. The van der Waals surface area contributed by atoms with E-state index in [-0.39, 0.29) is 11.8 Å². The summed E-state index contributed by atoms with van der Waals surface area (Å²) in [6.07, 6.45) is 3.17. The van der Waals surface area contributed by atoms with Crippen molar-refractivity contribution in [2.75, 3.05) is 18.8 Å². The van der Waals surface area contributed by atoms with Gasteiger partial charge in [0.25, 0.3) is 0 Å². The van der Waals surface area contributed by atoms with Gasteiger partial charge in [0, 0.05) is 31.2 Å². The van der Waals surface area contributed by atoms with Crippen molar-refractivity contribution < 1.29 is 9.21 Å². The van der Waals surface area contributed by atoms with Gasteiger partial charge in [-0.1, -0.05) is 60.7 Å². The highest BCUT2D eigenvalue weighted by Gasteiger charge is 2.26. The van der Waals surface area contributed by atoms with E-state index in [1.807, 2.05) is 65.2 Å². The molecule has 4 rings (SSSR count). The molecule has 4 heteroatoms. The second kappa shape index (κ2) is 9.16. The number of hydrogen-bond donors (Lipinski definition) is 0. The summed E-state index contributed by atoms with van der Waals surface area (Å²) in [5.74, 6) is 2.29. The summed E-state index contributed by atoms with van der Waals surface area (Å²) in [5.41, 5.74) is 2.39. The van der Waals surface area contributed by atoms with Gasteiger partial charge in [-0.3, -0.25) is 4.79 Å². The van der Waals surface area contributed by atoms with Crippen molar-refractivity contribution in [1.82, 2.24) is 4.90 Å². The summed E-state index contributed by atoms with van der Waals surface area (Å²) in [4.78, 5) is 15.2. The van der Waals surface area contributed by atoms with Crippen LogP contribution in [0.2, 0.25) is 0 Å². The van der Waals surface area contributed by atoms with Crippen molar-refractivity contribution in [1.29, 1.82) is 0 Å². The smallest absolute Gasteiger partial charge is 0.223 e. The Labute approximate surface area is 170 Å². The Kier molecular flexibility index (Phi) is 6.17. The van der Waals surface area contributed by atoms with E-state index in [0.29, 0.717) is 11.7 Å². The first kappa shape index (κ1) is 18.9. The second-order valence-electron chi connectivity index (χ2n) is 7.12. The number of carbonyl (C=O) groups is 1. The molecule has 1 fully saturated rings. The Morgan fingerprint density at radius 3 is 2.25 bits per heavy atom. The molecule has 1 amide bonds. The summed E-state index contributed by atoms with van der Waals surface area (Å²) < 4.78 is 5.58. The molecule has 2 aromatic carbocycles. The van der Waals surface area contributed by atoms with Gasteiger partial charge in [0.2, 0.25) is 5.91 Å². The third kappa shape index (κ3) is 4.50. The molecule has 3 nitrogen and oxygen atoms in total. The number of hydrogen-bond acceptors (Lipinski definition) is 3. The lowest BCUT2D eigenvalue weighted by atomic mass is 9.88. The first-order valence-corrected chi connectivity index (χ1v) is 10.9. The fourth-order valence-electron chi connectivity index (χ4n) is 3.82. The predicted octanol–water partition coefficient (Wildman–Crippen LogP) is 5.51. The fourth-order valence-corrected chi connectivity index (χ4v) is 5.00. The molecule has 0 saturated carbocycles. The molecule has 28 heavy (non-hydrogen) atoms. The lowest BCUT2D eigenvalue weighted by Crippen LogP contribution is -2.34. The summed E-state index contributed by atoms with van der Waals surface area (Å²) in [6.45, 7) is 1.59. The monoisotopic (exact) mass is 391 g/mol. The van der Waals surface area contributed by atoms with E-state index in [2.05, 4.69) is 24.3 Å². The Morgan fingerprint density at radius 2 is 1.64 bits per heavy atom. The van der Waals surface area contributed by atoms with Crippen LogP contribution in [-0.2, 0) is 4.79 Å². The van der Waals surface area contributed by atoms with Gasteiger partial charge in [0.15, 0.2) is 0 Å². The number of rotatable bonds is 5. The maximum absolute atomic E-state index is 13.2. The number of furan rings is 1. The topological polar surface area (TPSA) is 33.5 Å². The van der Waals surface area contributed by atoms with E-state index < -0.39 is 0 Å². The maximum atomic E-state index is 13.2. The summed E-state index contributed by atoms with van der Waals surface area (Å²) in [5, 5.41) is 0.340. The van der Waals surface area contributed by atoms with Crippen LogP contribution < -0.4 is 0 Å². The molecule has 1 aliphatic rings. The van der Waals surface area contributed by atoms with Gasteiger partial charge in [-0.05, 0) is 29.7 Å². The van der Waals surface area contributed by atoms with Crippen LogP contribution in [0.4, 0.5) is 0 Å². The van der Waals surface area contributed by atoms with E-state index in [4.69, 9.17) is 4.42 Å². The molecule has 3 aromatic rings. The van der Waals surface area contributed by atoms with Gasteiger partial charge in [-0.2, -0.15) is 0 Å². The summed E-state index contributed by atoms with van der Waals surface area (Å²) in [7, 11) is 0. The molecule has 1 saturated heterocycles. The first-order valence-electron chi connectivity index (χ1n) is 9.84. The molecule has 144 valence electrons. The summed E-state index contributed by atoms with van der Waals surface area (Å²) >= 11 is 1.89. The number of carbonyl (C=O) groups excluding carboxylic acids is 1. The highest BCUT2D eigenvalue weighted by molar-refractivity contribution is 7.99. The normalized spacial score (nSPS) is 17.5. The van der Waals surface area contributed by atoms with Crippen molar-refractivity contribution in [3.8, 4) is 0 Å². The van der Waals surface area contributed by atoms with Crippen LogP contribution in [0, 0.1) is 0 Å². The molecular weight excluding hydrogens is 366 g/mol. The molecule has 0 unspecified atom stereocenters. The third-order valence-electron chi connectivity index (χ3n) is 5.34. The third-order valence-corrected chi connectivity index (χ3v) is 6.63. The van der Waals surface area contributed by atoms with E-state index in [0.717, 1.165) is 31.0 Å². The number of nitrogens with zero attached hydrogens (tertiary/aromatic N) is 1. The number of amides is 1. The highest BCUT2D eigenvalue weighted by Crippen LogP contribution is 2.35. The average molecular weight is 392 g/mol. The van der Waals surface area contributed by atoms with Crippen molar-refractivity contribution >= 4 is 17.7 Å². The Hall–Kier alpha value is -2.46. The van der Waals surface area contributed by atoms with Gasteiger partial charge in [-0.15, -0.1) is 11.8 Å². The van der Waals surface area contributed by atoms with Crippen LogP contribution in [0.25, 0.3) is 0 Å². The predicted molar refractivity (Wildman–Crippen MR) is 114 cm³/mol. The molecule has 0 aliphatic carbocycles. The van der Waals surface area contributed by atoms with E-state index in [1.54, 1.807) is 6.26 Å². The summed E-state index contributed by atoms with van der Waals surface area (Å²) in [6, 6.07) is 24.7.